The first-order chi connectivity index (χ1) is 16.6. The van der Waals surface area contributed by atoms with Crippen LogP contribution in [-0.2, 0) is 6.54 Å². The maximum absolute atomic E-state index is 12.7. The number of hydrogen-bond acceptors (Lipinski definition) is 6. The molecule has 1 aliphatic heterocycles. The van der Waals surface area contributed by atoms with E-state index in [0.29, 0.717) is 37.8 Å². The van der Waals surface area contributed by atoms with E-state index in [4.69, 9.17) is 9.15 Å². The van der Waals surface area contributed by atoms with Crippen LogP contribution >= 0.6 is 0 Å². The van der Waals surface area contributed by atoms with Crippen LogP contribution < -0.4 is 15.0 Å². The van der Waals surface area contributed by atoms with Gasteiger partial charge in [0, 0.05) is 57.9 Å². The van der Waals surface area contributed by atoms with Gasteiger partial charge in [-0.2, -0.15) is 0 Å². The Morgan fingerprint density at radius 3 is 2.71 bits per heavy atom. The predicted molar refractivity (Wildman–Crippen MR) is 130 cm³/mol. The lowest BCUT2D eigenvalue weighted by atomic mass is 10.1. The summed E-state index contributed by atoms with van der Waals surface area (Å²) in [5.41, 5.74) is 3.97. The number of ether oxygens (including phenoxy) is 1. The molecule has 2 aromatic carbocycles. The van der Waals surface area contributed by atoms with Gasteiger partial charge in [-0.05, 0) is 24.3 Å². The highest BCUT2D eigenvalue weighted by atomic mass is 16.5. The zero-order valence-electron chi connectivity index (χ0n) is 19.4. The Bertz CT molecular complexity index is 1290. The minimum Gasteiger partial charge on any atom is -0.496 e. The first kappa shape index (κ1) is 21.8. The molecule has 1 N–H and O–H groups in total. The number of amides is 2. The summed E-state index contributed by atoms with van der Waals surface area (Å²) in [4.78, 5) is 25.4. The molecule has 9 heteroatoms. The number of methoxy groups -OCH3 is 1. The number of fused-ring (bicyclic) bond motifs is 1. The topological polar surface area (TPSA) is 88.7 Å². The van der Waals surface area contributed by atoms with Gasteiger partial charge in [0.2, 0.25) is 0 Å². The maximum atomic E-state index is 12.7. The number of para-hydroxylation sites is 2. The van der Waals surface area contributed by atoms with Crippen LogP contribution in [0.2, 0.25) is 0 Å². The molecule has 34 heavy (non-hydrogen) atoms. The first-order valence-electron chi connectivity index (χ1n) is 11.4. The monoisotopic (exact) mass is 460 g/mol. The van der Waals surface area contributed by atoms with Crippen molar-refractivity contribution in [2.24, 2.45) is 0 Å². The van der Waals surface area contributed by atoms with Crippen molar-refractivity contribution in [1.82, 2.24) is 24.8 Å². The molecule has 0 unspecified atom stereocenters. The van der Waals surface area contributed by atoms with Gasteiger partial charge in [0.15, 0.2) is 11.7 Å². The van der Waals surface area contributed by atoms with Crippen molar-refractivity contribution in [3.05, 3.63) is 60.9 Å². The molecule has 2 aromatic heterocycles. The summed E-state index contributed by atoms with van der Waals surface area (Å²) in [5.74, 6) is 2.04. The molecule has 4 aromatic rings. The summed E-state index contributed by atoms with van der Waals surface area (Å²) >= 11 is 0. The lowest BCUT2D eigenvalue weighted by molar-refractivity contribution is 0.194. The molecule has 0 aliphatic carbocycles. The quantitative estimate of drug-likeness (QED) is 0.474. The predicted octanol–water partition coefficient (Wildman–Crippen LogP) is 3.54. The van der Waals surface area contributed by atoms with Gasteiger partial charge in [0.25, 0.3) is 0 Å². The van der Waals surface area contributed by atoms with E-state index in [1.807, 2.05) is 54.5 Å². The molecule has 0 bridgehead atoms. The molecule has 0 atom stereocenters. The van der Waals surface area contributed by atoms with Crippen molar-refractivity contribution in [3.63, 3.8) is 0 Å². The molecule has 1 fully saturated rings. The molecule has 0 spiro atoms. The summed E-state index contributed by atoms with van der Waals surface area (Å²) in [6.45, 7) is 5.88. The first-order valence-corrected chi connectivity index (χ1v) is 11.4. The highest BCUT2D eigenvalue weighted by Crippen LogP contribution is 2.34. The molecule has 1 aliphatic rings. The number of aryl methyl sites for hydroxylation is 1. The summed E-state index contributed by atoms with van der Waals surface area (Å²) < 4.78 is 13.3. The highest BCUT2D eigenvalue weighted by Gasteiger charge is 2.22. The van der Waals surface area contributed by atoms with Crippen molar-refractivity contribution >= 4 is 22.8 Å². The fourth-order valence-electron chi connectivity index (χ4n) is 4.32. The zero-order chi connectivity index (χ0) is 23.5. The number of anilines is 1. The Hall–Kier alpha value is -4.01. The van der Waals surface area contributed by atoms with E-state index in [1.165, 1.54) is 0 Å². The molecule has 0 radical (unpaired) electrons. The molecule has 2 amide bonds. The van der Waals surface area contributed by atoms with Crippen molar-refractivity contribution in [3.8, 4) is 17.1 Å². The lowest BCUT2D eigenvalue weighted by Gasteiger charge is -2.36. The van der Waals surface area contributed by atoms with Crippen LogP contribution in [0, 0.1) is 6.92 Å². The molecule has 5 rings (SSSR count). The third-order valence-electron chi connectivity index (χ3n) is 6.16. The van der Waals surface area contributed by atoms with Crippen LogP contribution in [0.5, 0.6) is 5.75 Å². The van der Waals surface area contributed by atoms with Crippen molar-refractivity contribution in [2.45, 2.75) is 13.5 Å². The van der Waals surface area contributed by atoms with Crippen LogP contribution in [0.15, 0.2) is 59.4 Å². The summed E-state index contributed by atoms with van der Waals surface area (Å²) in [6, 6.07) is 14.0. The number of carbonyl (C=O) groups is 1. The normalized spacial score (nSPS) is 13.9. The summed E-state index contributed by atoms with van der Waals surface area (Å²) in [5, 5.41) is 3.04. The van der Waals surface area contributed by atoms with Crippen molar-refractivity contribution in [1.29, 1.82) is 0 Å². The number of rotatable bonds is 6. The second-order valence-electron chi connectivity index (χ2n) is 8.26. The number of oxazole rings is 1. The van der Waals surface area contributed by atoms with E-state index in [1.54, 1.807) is 13.3 Å². The summed E-state index contributed by atoms with van der Waals surface area (Å²) in [7, 11) is 1.65. The van der Waals surface area contributed by atoms with Gasteiger partial charge in [-0.1, -0.05) is 12.1 Å². The van der Waals surface area contributed by atoms with Gasteiger partial charge in [-0.25, -0.2) is 14.8 Å². The number of hydrogen-bond donors (Lipinski definition) is 1. The van der Waals surface area contributed by atoms with Gasteiger partial charge >= 0.3 is 6.03 Å². The van der Waals surface area contributed by atoms with Crippen LogP contribution in [0.1, 0.15) is 5.89 Å². The fourth-order valence-corrected chi connectivity index (χ4v) is 4.32. The van der Waals surface area contributed by atoms with Gasteiger partial charge in [-0.15, -0.1) is 0 Å². The van der Waals surface area contributed by atoms with Crippen LogP contribution in [0.3, 0.4) is 0 Å². The number of aromatic nitrogens is 3. The van der Waals surface area contributed by atoms with Crippen LogP contribution in [-0.4, -0.2) is 65.3 Å². The molecule has 9 nitrogen and oxygen atoms in total. The third kappa shape index (κ3) is 4.41. The number of piperazine rings is 1. The van der Waals surface area contributed by atoms with Gasteiger partial charge < -0.3 is 28.8 Å². The van der Waals surface area contributed by atoms with Crippen molar-refractivity contribution in [2.75, 3.05) is 44.7 Å². The second kappa shape index (κ2) is 9.46. The Kier molecular flexibility index (Phi) is 6.07. The number of benzene rings is 2. The SMILES string of the molecule is COc1cc(N2CCN(C(=O)NCCn3cnc4ccccc43)CC2)ccc1-c1cnc(C)o1. The lowest BCUT2D eigenvalue weighted by Crippen LogP contribution is -2.52. The zero-order valence-corrected chi connectivity index (χ0v) is 19.4. The minimum absolute atomic E-state index is 0.0299. The van der Waals surface area contributed by atoms with E-state index < -0.39 is 0 Å². The third-order valence-corrected chi connectivity index (χ3v) is 6.16. The Morgan fingerprint density at radius 1 is 1.12 bits per heavy atom. The summed E-state index contributed by atoms with van der Waals surface area (Å²) in [6.07, 6.45) is 3.53. The van der Waals surface area contributed by atoms with E-state index >= 15 is 0 Å². The van der Waals surface area contributed by atoms with Gasteiger partial charge in [-0.3, -0.25) is 0 Å². The van der Waals surface area contributed by atoms with E-state index in [0.717, 1.165) is 41.1 Å². The van der Waals surface area contributed by atoms with E-state index in [-0.39, 0.29) is 6.03 Å². The molecule has 0 saturated carbocycles. The fraction of sp³-hybridized carbons (Fsp3) is 0.320. The molecular formula is C25H28N6O3. The standard InChI is InChI=1S/C25H28N6O3/c1-18-27-16-24(34-18)20-8-7-19(15-23(20)33-2)29-11-13-30(14-12-29)25(32)26-9-10-31-17-28-21-5-3-4-6-22(21)31/h3-8,15-17H,9-14H2,1-2H3,(H,26,32). The van der Waals surface area contributed by atoms with E-state index in [2.05, 4.69) is 30.8 Å². The molecular weight excluding hydrogens is 432 g/mol. The molecule has 176 valence electrons. The second-order valence-corrected chi connectivity index (χ2v) is 8.26. The highest BCUT2D eigenvalue weighted by molar-refractivity contribution is 5.76. The number of nitrogens with one attached hydrogen (secondary N) is 1. The Balaban J connectivity index is 1.15. The largest absolute Gasteiger partial charge is 0.496 e. The number of nitrogens with zero attached hydrogens (tertiary/aromatic N) is 5. The van der Waals surface area contributed by atoms with Gasteiger partial charge in [0.1, 0.15) is 5.75 Å². The number of carbonyl (C=O) groups excluding carboxylic acids is 1. The average Bonchev–Trinajstić information content (AvgIpc) is 3.50. The Morgan fingerprint density at radius 2 is 1.94 bits per heavy atom. The number of urea groups is 1. The molecule has 1 saturated heterocycles. The smallest absolute Gasteiger partial charge is 0.317 e. The molecule has 3 heterocycles. The van der Waals surface area contributed by atoms with Crippen LogP contribution in [0.4, 0.5) is 10.5 Å². The maximum Gasteiger partial charge on any atom is 0.317 e. The van der Waals surface area contributed by atoms with Gasteiger partial charge in [0.05, 0.1) is 36.2 Å². The average molecular weight is 461 g/mol. The van der Waals surface area contributed by atoms with E-state index in [9.17, 15) is 4.79 Å². The minimum atomic E-state index is -0.0299. The number of imidazole rings is 1. The van der Waals surface area contributed by atoms with Crippen LogP contribution in [0.25, 0.3) is 22.4 Å². The van der Waals surface area contributed by atoms with Crippen molar-refractivity contribution < 1.29 is 13.9 Å². The Labute approximate surface area is 198 Å².